The van der Waals surface area contributed by atoms with Gasteiger partial charge in [0, 0.05) is 0 Å². The molecule has 0 saturated heterocycles. The maximum absolute atomic E-state index is 13.6. The van der Waals surface area contributed by atoms with Gasteiger partial charge in [-0.2, -0.15) is 28.2 Å². The summed E-state index contributed by atoms with van der Waals surface area (Å²) in [7, 11) is -4.32. The van der Waals surface area contributed by atoms with Crippen molar-refractivity contribution in [1.82, 2.24) is 20.2 Å². The van der Waals surface area contributed by atoms with Crippen LogP contribution in [0.15, 0.2) is 53.6 Å². The summed E-state index contributed by atoms with van der Waals surface area (Å²) in [6.45, 7) is -0.0417. The van der Waals surface area contributed by atoms with Crippen LogP contribution < -0.4 is 15.4 Å². The third-order valence-electron chi connectivity index (χ3n) is 5.61. The number of alkyl halides is 3. The first kappa shape index (κ1) is 23.2. The molecule has 3 heterocycles. The number of hydrogen-bond donors (Lipinski definition) is 3. The van der Waals surface area contributed by atoms with Crippen LogP contribution in [-0.2, 0) is 22.6 Å². The Balaban J connectivity index is 1.54. The molecule has 0 amide bonds. The normalized spacial score (nSPS) is 16.3. The first-order valence-corrected chi connectivity index (χ1v) is 12.1. The number of aromatic amines is 1. The van der Waals surface area contributed by atoms with Crippen LogP contribution in [0, 0.1) is 0 Å². The summed E-state index contributed by atoms with van der Waals surface area (Å²) < 4.78 is 67.6. The Hall–Kier alpha value is -3.58. The van der Waals surface area contributed by atoms with Gasteiger partial charge in [0.15, 0.2) is 5.65 Å². The van der Waals surface area contributed by atoms with Crippen molar-refractivity contribution < 1.29 is 21.6 Å². The van der Waals surface area contributed by atoms with E-state index < -0.39 is 37.7 Å². The second-order valence-electron chi connectivity index (χ2n) is 7.92. The number of rotatable bonds is 4. The van der Waals surface area contributed by atoms with Crippen LogP contribution in [-0.4, -0.2) is 41.2 Å². The third kappa shape index (κ3) is 4.21. The number of fused-ring (bicyclic) bond motifs is 2. The fourth-order valence-electron chi connectivity index (χ4n) is 4.04. The summed E-state index contributed by atoms with van der Waals surface area (Å²) in [6, 6.07) is 8.60. The van der Waals surface area contributed by atoms with Gasteiger partial charge in [-0.25, -0.2) is 8.42 Å². The molecule has 1 aliphatic heterocycles. The van der Waals surface area contributed by atoms with E-state index >= 15 is 0 Å². The van der Waals surface area contributed by atoms with Gasteiger partial charge in [-0.05, 0) is 36.2 Å². The molecule has 0 aliphatic carbocycles. The zero-order valence-electron chi connectivity index (χ0n) is 17.7. The number of aromatic nitrogens is 4. The van der Waals surface area contributed by atoms with Crippen molar-refractivity contribution in [2.45, 2.75) is 23.5 Å². The van der Waals surface area contributed by atoms with E-state index in [2.05, 4.69) is 25.5 Å². The largest absolute Gasteiger partial charge is 0.416 e. The number of hydrogen-bond acceptors (Lipinski definition) is 7. The van der Waals surface area contributed by atoms with Gasteiger partial charge in [-0.3, -0.25) is 9.40 Å². The van der Waals surface area contributed by atoms with Crippen molar-refractivity contribution in [3.8, 4) is 0 Å². The van der Waals surface area contributed by atoms with Crippen LogP contribution in [0.4, 0.5) is 30.6 Å². The molecule has 14 heteroatoms. The van der Waals surface area contributed by atoms with Gasteiger partial charge in [0.1, 0.15) is 10.7 Å². The number of nitrogens with one attached hydrogen (secondary N) is 2. The van der Waals surface area contributed by atoms with E-state index in [0.29, 0.717) is 46.7 Å². The summed E-state index contributed by atoms with van der Waals surface area (Å²) in [6.07, 6.45) is -2.69. The molecule has 2 aromatic carbocycles. The van der Waals surface area contributed by atoms with Crippen LogP contribution in [0.2, 0.25) is 5.02 Å². The molecule has 9 nitrogen and oxygen atoms in total. The second-order valence-corrected chi connectivity index (χ2v) is 10.2. The summed E-state index contributed by atoms with van der Waals surface area (Å²) in [4.78, 5) is 7.85. The van der Waals surface area contributed by atoms with E-state index in [1.54, 1.807) is 24.3 Å². The number of nitrogens with zero attached hydrogens (tertiary/aromatic N) is 4. The van der Waals surface area contributed by atoms with Crippen LogP contribution in [0.3, 0.4) is 0 Å². The van der Waals surface area contributed by atoms with E-state index in [0.717, 1.165) is 10.4 Å². The Kier molecular flexibility index (Phi) is 5.48. The fraction of sp³-hybridized carbons (Fsp3) is 0.190. The van der Waals surface area contributed by atoms with Gasteiger partial charge in [-0.15, -0.1) is 0 Å². The quantitative estimate of drug-likeness (QED) is 0.370. The van der Waals surface area contributed by atoms with Crippen molar-refractivity contribution in [2.75, 3.05) is 21.9 Å². The van der Waals surface area contributed by atoms with Gasteiger partial charge in [0.2, 0.25) is 5.95 Å². The predicted octanol–water partition coefficient (Wildman–Crippen LogP) is 3.84. The molecule has 1 unspecified atom stereocenters. The smallest absolute Gasteiger partial charge is 0.368 e. The average Bonchev–Trinajstić information content (AvgIpc) is 3.26. The monoisotopic (exact) mass is 523 g/mol. The molecule has 2 aromatic heterocycles. The molecule has 0 spiro atoms. The molecule has 4 N–H and O–H groups in total. The number of H-pyrrole nitrogens is 1. The zero-order valence-corrected chi connectivity index (χ0v) is 19.3. The van der Waals surface area contributed by atoms with Crippen molar-refractivity contribution in [1.29, 1.82) is 0 Å². The molecule has 35 heavy (non-hydrogen) atoms. The predicted molar refractivity (Wildman–Crippen MR) is 125 cm³/mol. The van der Waals surface area contributed by atoms with Crippen LogP contribution in [0.5, 0.6) is 0 Å². The molecule has 1 aliphatic rings. The Morgan fingerprint density at radius 2 is 1.94 bits per heavy atom. The van der Waals surface area contributed by atoms with Crippen LogP contribution in [0.25, 0.3) is 11.0 Å². The first-order valence-electron chi connectivity index (χ1n) is 10.2. The highest BCUT2D eigenvalue weighted by molar-refractivity contribution is 7.93. The third-order valence-corrected chi connectivity index (χ3v) is 7.87. The molecule has 0 fully saturated rings. The van der Waals surface area contributed by atoms with Crippen LogP contribution >= 0.6 is 11.6 Å². The fourth-order valence-corrected chi connectivity index (χ4v) is 6.11. The number of anilines is 3. The van der Waals surface area contributed by atoms with E-state index in [1.165, 1.54) is 6.20 Å². The van der Waals surface area contributed by atoms with Gasteiger partial charge in [0.25, 0.3) is 10.0 Å². The second kappa shape index (κ2) is 8.27. The Morgan fingerprint density at radius 3 is 2.69 bits per heavy atom. The molecule has 5 rings (SSSR count). The molecule has 4 aromatic rings. The van der Waals surface area contributed by atoms with Gasteiger partial charge < -0.3 is 11.1 Å². The number of nitrogen functional groups attached to an aromatic ring is 1. The molecular weight excluding hydrogens is 507 g/mol. The van der Waals surface area contributed by atoms with Gasteiger partial charge in [0.05, 0.1) is 40.4 Å². The number of sulfonamides is 1. The van der Waals surface area contributed by atoms with Crippen LogP contribution in [0.1, 0.15) is 11.1 Å². The van der Waals surface area contributed by atoms with E-state index in [4.69, 9.17) is 17.3 Å². The maximum Gasteiger partial charge on any atom is 0.416 e. The highest BCUT2D eigenvalue weighted by Gasteiger charge is 2.37. The topological polar surface area (TPSA) is 130 Å². The average molecular weight is 524 g/mol. The highest BCUT2D eigenvalue weighted by Crippen LogP contribution is 2.38. The molecular formula is C21H17ClF3N7O2S. The SMILES string of the molecule is Nc1nc(NC2Cc3ccccc3N(S(=O)(=O)c3ccc(C(F)(F)F)cc3Cl)C2)c2cn[nH]c2n1. The van der Waals surface area contributed by atoms with Gasteiger partial charge in [-0.1, -0.05) is 29.8 Å². The Morgan fingerprint density at radius 1 is 1.17 bits per heavy atom. The van der Waals surface area contributed by atoms with E-state index in [9.17, 15) is 21.6 Å². The number of halogens is 4. The number of para-hydroxylation sites is 1. The molecule has 1 atom stereocenters. The lowest BCUT2D eigenvalue weighted by Crippen LogP contribution is -2.45. The maximum atomic E-state index is 13.6. The minimum atomic E-state index is -4.66. The van der Waals surface area contributed by atoms with Crippen molar-refractivity contribution in [3.63, 3.8) is 0 Å². The lowest BCUT2D eigenvalue weighted by Gasteiger charge is -2.36. The molecule has 182 valence electrons. The van der Waals surface area contributed by atoms with Crippen molar-refractivity contribution >= 4 is 50.1 Å². The summed E-state index contributed by atoms with van der Waals surface area (Å²) in [5.41, 5.74) is 6.29. The lowest BCUT2D eigenvalue weighted by atomic mass is 9.99. The summed E-state index contributed by atoms with van der Waals surface area (Å²) in [5, 5.41) is 9.90. The standard InChI is InChI=1S/C21H17ClF3N7O2S/c22-15-8-12(21(23,24)25)5-6-17(15)35(33,34)32-10-13(7-11-3-1-2-4-16(11)32)28-18-14-9-27-31-19(14)30-20(26)29-18/h1-6,8-9,13H,7,10H2,(H4,26,27,28,29,30,31). The summed E-state index contributed by atoms with van der Waals surface area (Å²) in [5.74, 6) is 0.372. The van der Waals surface area contributed by atoms with E-state index in [1.807, 2.05) is 0 Å². The number of nitrogens with two attached hydrogens (primary N) is 1. The molecule has 0 bridgehead atoms. The highest BCUT2D eigenvalue weighted by atomic mass is 35.5. The van der Waals surface area contributed by atoms with E-state index in [-0.39, 0.29) is 12.5 Å². The van der Waals surface area contributed by atoms with Crippen molar-refractivity contribution in [3.05, 3.63) is 64.8 Å². The first-order chi connectivity index (χ1) is 16.5. The Labute approximate surface area is 202 Å². The molecule has 0 radical (unpaired) electrons. The van der Waals surface area contributed by atoms with Crippen molar-refractivity contribution in [2.24, 2.45) is 0 Å². The minimum Gasteiger partial charge on any atom is -0.368 e. The molecule has 0 saturated carbocycles. The van der Waals surface area contributed by atoms with Gasteiger partial charge >= 0.3 is 6.18 Å². The Bertz CT molecular complexity index is 1540. The minimum absolute atomic E-state index is 0.00136. The number of benzene rings is 2. The lowest BCUT2D eigenvalue weighted by molar-refractivity contribution is -0.137. The summed E-state index contributed by atoms with van der Waals surface area (Å²) >= 11 is 6.04. The zero-order chi connectivity index (χ0) is 25.0.